The summed E-state index contributed by atoms with van der Waals surface area (Å²) in [5.41, 5.74) is 2.75. The molecule has 3 N–H and O–H groups in total. The Labute approximate surface area is 97.6 Å². The molecule has 2 fully saturated rings. The molecule has 16 heavy (non-hydrogen) atoms. The number of amidine groups is 1. The maximum atomic E-state index is 5.60. The lowest BCUT2D eigenvalue weighted by atomic mass is 9.96. The lowest BCUT2D eigenvalue weighted by Crippen LogP contribution is -2.34. The molecule has 0 aromatic heterocycles. The summed E-state index contributed by atoms with van der Waals surface area (Å²) in [6.07, 6.45) is 9.93. The van der Waals surface area contributed by atoms with E-state index in [-0.39, 0.29) is 0 Å². The Hall–Kier alpha value is -0.610. The number of rotatable bonds is 3. The zero-order valence-corrected chi connectivity index (χ0v) is 9.95. The first-order chi connectivity index (χ1) is 7.88. The molecule has 0 radical (unpaired) electrons. The van der Waals surface area contributed by atoms with Crippen LogP contribution in [0.1, 0.15) is 51.4 Å². The number of nitrogens with one attached hydrogen (secondary N) is 1. The van der Waals surface area contributed by atoms with E-state index in [4.69, 9.17) is 15.6 Å². The topological polar surface area (TPSA) is 59.6 Å². The number of hydrazine groups is 1. The van der Waals surface area contributed by atoms with Gasteiger partial charge in [-0.05, 0) is 25.7 Å². The van der Waals surface area contributed by atoms with Crippen molar-refractivity contribution in [3.05, 3.63) is 0 Å². The number of hydrogen-bond donors (Lipinski definition) is 2. The summed E-state index contributed by atoms with van der Waals surface area (Å²) in [7, 11) is 0. The average Bonchev–Trinajstić information content (AvgIpc) is 2.82. The third kappa shape index (κ3) is 3.46. The van der Waals surface area contributed by atoms with Crippen molar-refractivity contribution in [1.82, 2.24) is 5.43 Å². The highest BCUT2D eigenvalue weighted by atomic mass is 16.5. The fourth-order valence-corrected chi connectivity index (χ4v) is 2.60. The van der Waals surface area contributed by atoms with Crippen molar-refractivity contribution in [3.63, 3.8) is 0 Å². The van der Waals surface area contributed by atoms with E-state index in [0.29, 0.717) is 12.1 Å². The third-order valence-corrected chi connectivity index (χ3v) is 3.52. The van der Waals surface area contributed by atoms with Crippen molar-refractivity contribution in [2.75, 3.05) is 6.61 Å². The van der Waals surface area contributed by atoms with Gasteiger partial charge in [0.2, 0.25) is 0 Å². The Morgan fingerprint density at radius 2 is 2.00 bits per heavy atom. The van der Waals surface area contributed by atoms with Gasteiger partial charge in [-0.25, -0.2) is 5.84 Å². The second kappa shape index (κ2) is 6.21. The SMILES string of the molecule is NNC(CC1CCCO1)=NC1CCCCC1. The van der Waals surface area contributed by atoms with Crippen LogP contribution in [0.2, 0.25) is 0 Å². The molecule has 2 rings (SSSR count). The van der Waals surface area contributed by atoms with Crippen molar-refractivity contribution in [1.29, 1.82) is 0 Å². The normalized spacial score (nSPS) is 28.3. The van der Waals surface area contributed by atoms with E-state index in [0.717, 1.165) is 25.3 Å². The van der Waals surface area contributed by atoms with Crippen molar-refractivity contribution in [3.8, 4) is 0 Å². The molecule has 4 heteroatoms. The predicted octanol–water partition coefficient (Wildman–Crippen LogP) is 1.75. The van der Waals surface area contributed by atoms with Crippen LogP contribution in [0.5, 0.6) is 0 Å². The molecule has 0 aromatic rings. The summed E-state index contributed by atoms with van der Waals surface area (Å²) >= 11 is 0. The van der Waals surface area contributed by atoms with Gasteiger partial charge in [0, 0.05) is 13.0 Å². The molecular formula is C12H23N3O. The van der Waals surface area contributed by atoms with E-state index < -0.39 is 0 Å². The van der Waals surface area contributed by atoms with Gasteiger partial charge >= 0.3 is 0 Å². The van der Waals surface area contributed by atoms with Crippen molar-refractivity contribution in [2.24, 2.45) is 10.8 Å². The summed E-state index contributed by atoms with van der Waals surface area (Å²) < 4.78 is 5.60. The van der Waals surface area contributed by atoms with Crippen LogP contribution in [0, 0.1) is 0 Å². The molecule has 1 unspecified atom stereocenters. The molecule has 1 saturated heterocycles. The van der Waals surface area contributed by atoms with Crippen molar-refractivity contribution < 1.29 is 4.74 Å². The van der Waals surface area contributed by atoms with Crippen LogP contribution >= 0.6 is 0 Å². The minimum absolute atomic E-state index is 0.332. The fourth-order valence-electron chi connectivity index (χ4n) is 2.60. The molecule has 92 valence electrons. The Morgan fingerprint density at radius 3 is 2.62 bits per heavy atom. The standard InChI is InChI=1S/C12H23N3O/c13-15-12(9-11-7-4-8-16-11)14-10-5-2-1-3-6-10/h10-11H,1-9,13H2,(H,14,15). The van der Waals surface area contributed by atoms with E-state index in [1.54, 1.807) is 0 Å². The van der Waals surface area contributed by atoms with Gasteiger partial charge in [0.25, 0.3) is 0 Å². The Bertz CT molecular complexity index is 230. The van der Waals surface area contributed by atoms with E-state index in [1.807, 2.05) is 0 Å². The highest BCUT2D eigenvalue weighted by molar-refractivity contribution is 5.82. The van der Waals surface area contributed by atoms with Gasteiger partial charge in [-0.3, -0.25) is 4.99 Å². The first-order valence-electron chi connectivity index (χ1n) is 6.53. The van der Waals surface area contributed by atoms with Gasteiger partial charge in [-0.15, -0.1) is 0 Å². The minimum Gasteiger partial charge on any atom is -0.378 e. The van der Waals surface area contributed by atoms with Gasteiger partial charge < -0.3 is 10.2 Å². The number of nitrogens with zero attached hydrogens (tertiary/aromatic N) is 1. The predicted molar refractivity (Wildman–Crippen MR) is 65.2 cm³/mol. The second-order valence-corrected chi connectivity index (χ2v) is 4.85. The highest BCUT2D eigenvalue weighted by Crippen LogP contribution is 2.21. The summed E-state index contributed by atoms with van der Waals surface area (Å²) in [5, 5.41) is 0. The third-order valence-electron chi connectivity index (χ3n) is 3.52. The Morgan fingerprint density at radius 1 is 1.19 bits per heavy atom. The Kier molecular flexibility index (Phi) is 4.60. The maximum Gasteiger partial charge on any atom is 0.113 e. The molecule has 0 spiro atoms. The molecular weight excluding hydrogens is 202 g/mol. The summed E-state index contributed by atoms with van der Waals surface area (Å²) in [5.74, 6) is 6.46. The van der Waals surface area contributed by atoms with E-state index in [1.165, 1.54) is 38.5 Å². The molecule has 2 aliphatic rings. The van der Waals surface area contributed by atoms with Gasteiger partial charge in [-0.2, -0.15) is 0 Å². The summed E-state index contributed by atoms with van der Waals surface area (Å²) in [4.78, 5) is 4.72. The van der Waals surface area contributed by atoms with E-state index in [9.17, 15) is 0 Å². The summed E-state index contributed by atoms with van der Waals surface area (Å²) in [6, 6.07) is 0.487. The monoisotopic (exact) mass is 225 g/mol. The zero-order chi connectivity index (χ0) is 11.2. The second-order valence-electron chi connectivity index (χ2n) is 4.85. The van der Waals surface area contributed by atoms with Crippen LogP contribution in [0.3, 0.4) is 0 Å². The Balaban J connectivity index is 1.84. The van der Waals surface area contributed by atoms with Crippen LogP contribution in [0.25, 0.3) is 0 Å². The van der Waals surface area contributed by atoms with E-state index in [2.05, 4.69) is 5.43 Å². The zero-order valence-electron chi connectivity index (χ0n) is 9.95. The number of aliphatic imine (C=N–C) groups is 1. The molecule has 1 aliphatic heterocycles. The minimum atomic E-state index is 0.332. The molecule has 1 aliphatic carbocycles. The van der Waals surface area contributed by atoms with Gasteiger partial charge in [-0.1, -0.05) is 19.3 Å². The van der Waals surface area contributed by atoms with Crippen LogP contribution in [0.4, 0.5) is 0 Å². The van der Waals surface area contributed by atoms with Crippen LogP contribution in [-0.4, -0.2) is 24.6 Å². The number of ether oxygens (including phenoxy) is 1. The largest absolute Gasteiger partial charge is 0.378 e. The lowest BCUT2D eigenvalue weighted by molar-refractivity contribution is 0.116. The van der Waals surface area contributed by atoms with Crippen molar-refractivity contribution in [2.45, 2.75) is 63.5 Å². The fraction of sp³-hybridized carbons (Fsp3) is 0.917. The average molecular weight is 225 g/mol. The van der Waals surface area contributed by atoms with Gasteiger partial charge in [0.1, 0.15) is 5.84 Å². The molecule has 1 heterocycles. The van der Waals surface area contributed by atoms with Crippen molar-refractivity contribution >= 4 is 5.84 Å². The maximum absolute atomic E-state index is 5.60. The van der Waals surface area contributed by atoms with Crippen LogP contribution < -0.4 is 11.3 Å². The summed E-state index contributed by atoms with van der Waals surface area (Å²) in [6.45, 7) is 0.895. The number of hydrogen-bond acceptors (Lipinski definition) is 3. The molecule has 4 nitrogen and oxygen atoms in total. The highest BCUT2D eigenvalue weighted by Gasteiger charge is 2.19. The van der Waals surface area contributed by atoms with Gasteiger partial charge in [0.15, 0.2) is 0 Å². The first-order valence-corrected chi connectivity index (χ1v) is 6.53. The van der Waals surface area contributed by atoms with Crippen LogP contribution in [-0.2, 0) is 4.74 Å². The lowest BCUT2D eigenvalue weighted by Gasteiger charge is -2.20. The van der Waals surface area contributed by atoms with Crippen LogP contribution in [0.15, 0.2) is 4.99 Å². The molecule has 0 amide bonds. The molecule has 0 bridgehead atoms. The molecule has 1 atom stereocenters. The molecule has 0 aromatic carbocycles. The molecule has 1 saturated carbocycles. The first kappa shape index (κ1) is 11.9. The van der Waals surface area contributed by atoms with E-state index >= 15 is 0 Å². The van der Waals surface area contributed by atoms with Gasteiger partial charge in [0.05, 0.1) is 12.1 Å². The quantitative estimate of drug-likeness (QED) is 0.333. The smallest absolute Gasteiger partial charge is 0.113 e. The number of nitrogens with two attached hydrogens (primary N) is 1.